The van der Waals surface area contributed by atoms with Crippen LogP contribution in [0.2, 0.25) is 0 Å². The van der Waals surface area contributed by atoms with Crippen LogP contribution in [-0.2, 0) is 9.53 Å². The second kappa shape index (κ2) is 15.1. The second-order valence-electron chi connectivity index (χ2n) is 7.02. The van der Waals surface area contributed by atoms with Gasteiger partial charge in [-0.15, -0.1) is 0 Å². The van der Waals surface area contributed by atoms with Crippen molar-refractivity contribution < 1.29 is 9.53 Å². The van der Waals surface area contributed by atoms with Crippen LogP contribution in [0.25, 0.3) is 0 Å². The SMILES string of the molecule is CCCCCCCCCCCCCCCC(=O)C1CNCCO1. The zero-order valence-corrected chi connectivity index (χ0v) is 15.4. The molecule has 0 radical (unpaired) electrons. The molecule has 0 amide bonds. The first kappa shape index (κ1) is 20.6. The molecule has 136 valence electrons. The smallest absolute Gasteiger partial charge is 0.162 e. The van der Waals surface area contributed by atoms with Gasteiger partial charge in [-0.05, 0) is 6.42 Å². The van der Waals surface area contributed by atoms with E-state index in [1.54, 1.807) is 0 Å². The fourth-order valence-electron chi connectivity index (χ4n) is 3.25. The summed E-state index contributed by atoms with van der Waals surface area (Å²) in [5.41, 5.74) is 0. The van der Waals surface area contributed by atoms with Crippen LogP contribution in [-0.4, -0.2) is 31.6 Å². The van der Waals surface area contributed by atoms with Gasteiger partial charge in [-0.3, -0.25) is 4.79 Å². The van der Waals surface area contributed by atoms with Gasteiger partial charge in [-0.25, -0.2) is 0 Å². The summed E-state index contributed by atoms with van der Waals surface area (Å²) in [5, 5.41) is 3.22. The average molecular weight is 326 g/mol. The molecule has 0 aromatic carbocycles. The minimum Gasteiger partial charge on any atom is -0.368 e. The number of hydrogen-bond acceptors (Lipinski definition) is 3. The minimum absolute atomic E-state index is 0.180. The molecule has 3 heteroatoms. The first-order chi connectivity index (χ1) is 11.3. The van der Waals surface area contributed by atoms with Crippen LogP contribution < -0.4 is 5.32 Å². The van der Waals surface area contributed by atoms with Crippen molar-refractivity contribution in [3.05, 3.63) is 0 Å². The summed E-state index contributed by atoms with van der Waals surface area (Å²) in [5.74, 6) is 0.292. The molecule has 1 aliphatic rings. The quantitative estimate of drug-likeness (QED) is 0.429. The van der Waals surface area contributed by atoms with E-state index in [-0.39, 0.29) is 6.10 Å². The fourth-order valence-corrected chi connectivity index (χ4v) is 3.25. The molecule has 0 bridgehead atoms. The van der Waals surface area contributed by atoms with Gasteiger partial charge in [0, 0.05) is 19.5 Å². The van der Waals surface area contributed by atoms with Gasteiger partial charge in [0.05, 0.1) is 6.61 Å². The standard InChI is InChI=1S/C20H39NO2/c1-2-3-4-5-6-7-8-9-10-11-12-13-14-15-19(22)20-18-21-16-17-23-20/h20-21H,2-18H2,1H3. The first-order valence-corrected chi connectivity index (χ1v) is 10.2. The maximum atomic E-state index is 11.9. The van der Waals surface area contributed by atoms with E-state index in [2.05, 4.69) is 12.2 Å². The van der Waals surface area contributed by atoms with Crippen molar-refractivity contribution in [3.8, 4) is 0 Å². The van der Waals surface area contributed by atoms with Crippen molar-refractivity contribution >= 4 is 5.78 Å². The minimum atomic E-state index is -0.180. The molecule has 0 aliphatic carbocycles. The summed E-state index contributed by atoms with van der Waals surface area (Å²) >= 11 is 0. The van der Waals surface area contributed by atoms with Crippen molar-refractivity contribution in [2.45, 2.75) is 103 Å². The lowest BCUT2D eigenvalue weighted by Gasteiger charge is -2.22. The summed E-state index contributed by atoms with van der Waals surface area (Å²) in [6.45, 7) is 4.53. The average Bonchev–Trinajstić information content (AvgIpc) is 2.59. The molecule has 0 aromatic rings. The van der Waals surface area contributed by atoms with Gasteiger partial charge in [0.15, 0.2) is 5.78 Å². The fraction of sp³-hybridized carbons (Fsp3) is 0.950. The highest BCUT2D eigenvalue weighted by Gasteiger charge is 2.20. The normalized spacial score (nSPS) is 18.2. The Hall–Kier alpha value is -0.410. The summed E-state index contributed by atoms with van der Waals surface area (Å²) in [4.78, 5) is 11.9. The number of rotatable bonds is 15. The second-order valence-corrected chi connectivity index (χ2v) is 7.02. The molecule has 1 saturated heterocycles. The van der Waals surface area contributed by atoms with Crippen LogP contribution >= 0.6 is 0 Å². The number of carbonyl (C=O) groups excluding carboxylic acids is 1. The molecule has 1 heterocycles. The molecule has 0 aromatic heterocycles. The number of morpholine rings is 1. The van der Waals surface area contributed by atoms with Gasteiger partial charge in [0.25, 0.3) is 0 Å². The van der Waals surface area contributed by atoms with Crippen molar-refractivity contribution in [2.75, 3.05) is 19.7 Å². The van der Waals surface area contributed by atoms with E-state index in [1.807, 2.05) is 0 Å². The molecule has 1 N–H and O–H groups in total. The van der Waals surface area contributed by atoms with Crippen LogP contribution in [0.15, 0.2) is 0 Å². The van der Waals surface area contributed by atoms with E-state index in [0.717, 1.165) is 13.0 Å². The summed E-state index contributed by atoms with van der Waals surface area (Å²) < 4.78 is 5.49. The molecule has 1 aliphatic heterocycles. The Morgan fingerprint density at radius 2 is 1.39 bits per heavy atom. The Morgan fingerprint density at radius 1 is 0.870 bits per heavy atom. The monoisotopic (exact) mass is 325 g/mol. The number of Topliss-reactive ketones (excluding diaryl/α,β-unsaturated/α-hetero) is 1. The third kappa shape index (κ3) is 11.7. The lowest BCUT2D eigenvalue weighted by molar-refractivity contribution is -0.132. The van der Waals surface area contributed by atoms with Crippen LogP contribution in [0, 0.1) is 0 Å². The molecule has 3 nitrogen and oxygen atoms in total. The number of nitrogens with one attached hydrogen (secondary N) is 1. The third-order valence-electron chi connectivity index (χ3n) is 4.81. The zero-order valence-electron chi connectivity index (χ0n) is 15.4. The third-order valence-corrected chi connectivity index (χ3v) is 4.81. The van der Waals surface area contributed by atoms with E-state index in [9.17, 15) is 4.79 Å². The summed E-state index contributed by atoms with van der Waals surface area (Å²) in [6.07, 6.45) is 18.0. The highest BCUT2D eigenvalue weighted by Crippen LogP contribution is 2.13. The number of unbranched alkanes of at least 4 members (excludes halogenated alkanes) is 12. The number of hydrogen-bond donors (Lipinski definition) is 1. The van der Waals surface area contributed by atoms with E-state index in [4.69, 9.17) is 4.74 Å². The number of ether oxygens (including phenoxy) is 1. The predicted octanol–water partition coefficient (Wildman–Crippen LogP) is 5.03. The summed E-state index contributed by atoms with van der Waals surface area (Å²) in [7, 11) is 0. The Morgan fingerprint density at radius 3 is 1.87 bits per heavy atom. The summed E-state index contributed by atoms with van der Waals surface area (Å²) in [6, 6.07) is 0. The highest BCUT2D eigenvalue weighted by atomic mass is 16.5. The number of ketones is 1. The van der Waals surface area contributed by atoms with Crippen molar-refractivity contribution in [3.63, 3.8) is 0 Å². The highest BCUT2D eigenvalue weighted by molar-refractivity contribution is 5.83. The van der Waals surface area contributed by atoms with Crippen molar-refractivity contribution in [1.82, 2.24) is 5.32 Å². The van der Waals surface area contributed by atoms with Crippen LogP contribution in [0.1, 0.15) is 96.8 Å². The van der Waals surface area contributed by atoms with E-state index >= 15 is 0 Å². The van der Waals surface area contributed by atoms with Crippen LogP contribution in [0.3, 0.4) is 0 Å². The largest absolute Gasteiger partial charge is 0.368 e. The molecule has 0 saturated carbocycles. The molecule has 1 atom stereocenters. The van der Waals surface area contributed by atoms with Gasteiger partial charge in [-0.2, -0.15) is 0 Å². The van der Waals surface area contributed by atoms with Gasteiger partial charge in [-0.1, -0.05) is 84.0 Å². The zero-order chi connectivity index (χ0) is 16.6. The molecule has 1 fully saturated rings. The maximum Gasteiger partial charge on any atom is 0.162 e. The Kier molecular flexibility index (Phi) is 13.6. The van der Waals surface area contributed by atoms with Crippen molar-refractivity contribution in [1.29, 1.82) is 0 Å². The van der Waals surface area contributed by atoms with E-state index in [0.29, 0.717) is 25.4 Å². The molecule has 1 rings (SSSR count). The lowest BCUT2D eigenvalue weighted by Crippen LogP contribution is -2.43. The Bertz CT molecular complexity index is 275. The first-order valence-electron chi connectivity index (χ1n) is 10.2. The van der Waals surface area contributed by atoms with E-state index in [1.165, 1.54) is 77.0 Å². The molecular formula is C20H39NO2. The molecule has 23 heavy (non-hydrogen) atoms. The molecular weight excluding hydrogens is 286 g/mol. The van der Waals surface area contributed by atoms with Gasteiger partial charge < -0.3 is 10.1 Å². The van der Waals surface area contributed by atoms with E-state index < -0.39 is 0 Å². The van der Waals surface area contributed by atoms with Gasteiger partial charge >= 0.3 is 0 Å². The molecule has 1 unspecified atom stereocenters. The van der Waals surface area contributed by atoms with Crippen molar-refractivity contribution in [2.24, 2.45) is 0 Å². The maximum absolute atomic E-state index is 11.9. The molecule has 0 spiro atoms. The van der Waals surface area contributed by atoms with Crippen LogP contribution in [0.5, 0.6) is 0 Å². The predicted molar refractivity (Wildman–Crippen MR) is 97.9 cm³/mol. The van der Waals surface area contributed by atoms with Gasteiger partial charge in [0.1, 0.15) is 6.10 Å². The van der Waals surface area contributed by atoms with Crippen LogP contribution in [0.4, 0.5) is 0 Å². The lowest BCUT2D eigenvalue weighted by atomic mass is 10.0. The topological polar surface area (TPSA) is 38.3 Å². The van der Waals surface area contributed by atoms with Gasteiger partial charge in [0.2, 0.25) is 0 Å². The number of carbonyl (C=O) groups is 1. The Balaban J connectivity index is 1.76. The Labute approximate surface area is 143 Å².